The molecule has 3 unspecified atom stereocenters. The lowest BCUT2D eigenvalue weighted by Crippen LogP contribution is -2.47. The van der Waals surface area contributed by atoms with Crippen molar-refractivity contribution in [3.8, 4) is 11.3 Å². The Morgan fingerprint density at radius 1 is 1.37 bits per heavy atom. The normalized spacial score (nSPS) is 29.3. The Bertz CT molecular complexity index is 726. The lowest BCUT2D eigenvalue weighted by molar-refractivity contribution is 0.108. The number of rotatable bonds is 6. The minimum absolute atomic E-state index is 0.218. The Balaban J connectivity index is 1.37. The molecule has 1 aromatic carbocycles. The van der Waals surface area contributed by atoms with E-state index < -0.39 is 0 Å². The Kier molecular flexibility index (Phi) is 5.60. The molecule has 0 spiro atoms. The average Bonchev–Trinajstić information content (AvgIpc) is 3.39. The number of aromatic nitrogens is 3. The third kappa shape index (κ3) is 4.09. The van der Waals surface area contributed by atoms with Crippen LogP contribution in [0.3, 0.4) is 0 Å². The van der Waals surface area contributed by atoms with Crippen LogP contribution in [-0.4, -0.2) is 53.2 Å². The highest BCUT2D eigenvalue weighted by Crippen LogP contribution is 2.40. The molecule has 4 rings (SSSR count). The number of benzene rings is 1. The van der Waals surface area contributed by atoms with Crippen LogP contribution in [0.25, 0.3) is 11.3 Å². The minimum atomic E-state index is 0.218. The molecule has 0 radical (unpaired) electrons. The van der Waals surface area contributed by atoms with E-state index in [4.69, 9.17) is 4.74 Å². The van der Waals surface area contributed by atoms with Crippen molar-refractivity contribution in [1.29, 1.82) is 0 Å². The predicted octanol–water partition coefficient (Wildman–Crippen LogP) is 3.89. The number of ether oxygens (including phenoxy) is 1. The number of hydrogen-bond donors (Lipinski definition) is 1. The van der Waals surface area contributed by atoms with Crippen LogP contribution < -0.4 is 0 Å². The summed E-state index contributed by atoms with van der Waals surface area (Å²) in [5.41, 5.74) is 3.71. The van der Waals surface area contributed by atoms with Gasteiger partial charge in [0.1, 0.15) is 5.69 Å². The quantitative estimate of drug-likeness (QED) is 0.840. The highest BCUT2D eigenvalue weighted by molar-refractivity contribution is 5.59. The summed E-state index contributed by atoms with van der Waals surface area (Å²) >= 11 is 0. The van der Waals surface area contributed by atoms with Gasteiger partial charge in [-0.3, -0.25) is 0 Å². The summed E-state index contributed by atoms with van der Waals surface area (Å²) in [6.07, 6.45) is 6.89. The van der Waals surface area contributed by atoms with Crippen molar-refractivity contribution >= 4 is 0 Å². The first kappa shape index (κ1) is 18.6. The molecule has 3 atom stereocenters. The van der Waals surface area contributed by atoms with Crippen LogP contribution in [0.4, 0.5) is 0 Å². The number of piperidine rings is 1. The van der Waals surface area contributed by atoms with E-state index in [1.807, 2.05) is 0 Å². The van der Waals surface area contributed by atoms with Gasteiger partial charge in [-0.25, -0.2) is 0 Å². The second-order valence-corrected chi connectivity index (χ2v) is 8.68. The molecule has 0 aliphatic carbocycles. The van der Waals surface area contributed by atoms with Crippen LogP contribution in [0.2, 0.25) is 0 Å². The standard InChI is InChI=1S/C22H32N4O/c1-17-15-26(10-4-5-18-8-12-27-16-18)11-9-22(17,2)20-7-3-6-19(13-20)21-14-23-25-24-21/h3,6-7,13-14,17-18H,4-5,8-12,15-16H2,1-2H3,(H,23,24,25). The molecule has 2 fully saturated rings. The first-order chi connectivity index (χ1) is 13.1. The first-order valence-corrected chi connectivity index (χ1v) is 10.4. The van der Waals surface area contributed by atoms with E-state index in [-0.39, 0.29) is 5.41 Å². The molecule has 2 saturated heterocycles. The van der Waals surface area contributed by atoms with Gasteiger partial charge in [0.15, 0.2) is 0 Å². The summed E-state index contributed by atoms with van der Waals surface area (Å²) < 4.78 is 5.51. The fraction of sp³-hybridized carbons (Fsp3) is 0.636. The van der Waals surface area contributed by atoms with E-state index in [1.54, 1.807) is 6.20 Å². The summed E-state index contributed by atoms with van der Waals surface area (Å²) in [6, 6.07) is 8.88. The molecule has 146 valence electrons. The SMILES string of the molecule is CC1CN(CCCC2CCOC2)CCC1(C)c1cccc(-c2cn[nH]n2)c1. The number of nitrogens with one attached hydrogen (secondary N) is 1. The maximum Gasteiger partial charge on any atom is 0.112 e. The van der Waals surface area contributed by atoms with Gasteiger partial charge < -0.3 is 9.64 Å². The van der Waals surface area contributed by atoms with Crippen molar-refractivity contribution in [2.24, 2.45) is 11.8 Å². The molecule has 2 aromatic rings. The molecular formula is C22H32N4O. The van der Waals surface area contributed by atoms with E-state index >= 15 is 0 Å². The van der Waals surface area contributed by atoms with Crippen LogP contribution >= 0.6 is 0 Å². The molecule has 0 amide bonds. The molecule has 2 aliphatic rings. The highest BCUT2D eigenvalue weighted by Gasteiger charge is 2.38. The maximum atomic E-state index is 5.51. The van der Waals surface area contributed by atoms with Gasteiger partial charge in [0.2, 0.25) is 0 Å². The van der Waals surface area contributed by atoms with Crippen molar-refractivity contribution in [3.63, 3.8) is 0 Å². The van der Waals surface area contributed by atoms with E-state index in [1.165, 1.54) is 50.9 Å². The lowest BCUT2D eigenvalue weighted by atomic mass is 9.67. The van der Waals surface area contributed by atoms with Crippen LogP contribution in [0, 0.1) is 11.8 Å². The van der Waals surface area contributed by atoms with Crippen molar-refractivity contribution in [1.82, 2.24) is 20.3 Å². The van der Waals surface area contributed by atoms with Crippen LogP contribution in [-0.2, 0) is 10.2 Å². The Morgan fingerprint density at radius 3 is 3.04 bits per heavy atom. The Hall–Kier alpha value is -1.72. The van der Waals surface area contributed by atoms with E-state index in [9.17, 15) is 0 Å². The highest BCUT2D eigenvalue weighted by atomic mass is 16.5. The monoisotopic (exact) mass is 368 g/mol. The molecule has 5 nitrogen and oxygen atoms in total. The molecule has 1 N–H and O–H groups in total. The maximum absolute atomic E-state index is 5.51. The van der Waals surface area contributed by atoms with E-state index in [0.29, 0.717) is 5.92 Å². The number of aromatic amines is 1. The van der Waals surface area contributed by atoms with Gasteiger partial charge in [0.05, 0.1) is 6.20 Å². The summed E-state index contributed by atoms with van der Waals surface area (Å²) in [6.45, 7) is 10.4. The second kappa shape index (κ2) is 8.11. The molecule has 0 bridgehead atoms. The third-order valence-electron chi connectivity index (χ3n) is 6.91. The zero-order valence-corrected chi connectivity index (χ0v) is 16.7. The summed E-state index contributed by atoms with van der Waals surface area (Å²) in [7, 11) is 0. The van der Waals surface area contributed by atoms with Gasteiger partial charge in [-0.15, -0.1) is 0 Å². The van der Waals surface area contributed by atoms with Crippen LogP contribution in [0.15, 0.2) is 30.5 Å². The van der Waals surface area contributed by atoms with E-state index in [2.05, 4.69) is 58.4 Å². The largest absolute Gasteiger partial charge is 0.381 e. The Morgan fingerprint density at radius 2 is 2.30 bits per heavy atom. The molecule has 1 aromatic heterocycles. The van der Waals surface area contributed by atoms with Crippen molar-refractivity contribution in [3.05, 3.63) is 36.0 Å². The number of H-pyrrole nitrogens is 1. The van der Waals surface area contributed by atoms with Gasteiger partial charge in [-0.1, -0.05) is 32.0 Å². The van der Waals surface area contributed by atoms with E-state index in [0.717, 1.165) is 30.4 Å². The molecule has 5 heteroatoms. The zero-order chi connectivity index (χ0) is 18.7. The van der Waals surface area contributed by atoms with Gasteiger partial charge in [-0.05, 0) is 67.7 Å². The predicted molar refractivity (Wildman–Crippen MR) is 108 cm³/mol. The van der Waals surface area contributed by atoms with Gasteiger partial charge >= 0.3 is 0 Å². The van der Waals surface area contributed by atoms with Crippen molar-refractivity contribution in [2.75, 3.05) is 32.8 Å². The zero-order valence-electron chi connectivity index (χ0n) is 16.7. The summed E-state index contributed by atoms with van der Waals surface area (Å²) in [5, 5.41) is 10.9. The second-order valence-electron chi connectivity index (χ2n) is 8.68. The molecular weight excluding hydrogens is 336 g/mol. The average molecular weight is 369 g/mol. The van der Waals surface area contributed by atoms with Gasteiger partial charge in [-0.2, -0.15) is 15.4 Å². The van der Waals surface area contributed by atoms with Crippen LogP contribution in [0.5, 0.6) is 0 Å². The topological polar surface area (TPSA) is 54.0 Å². The third-order valence-corrected chi connectivity index (χ3v) is 6.91. The minimum Gasteiger partial charge on any atom is -0.381 e. The fourth-order valence-corrected chi connectivity index (χ4v) is 4.74. The molecule has 2 aliphatic heterocycles. The van der Waals surface area contributed by atoms with Crippen LogP contribution in [0.1, 0.15) is 45.1 Å². The Labute approximate surface area is 162 Å². The lowest BCUT2D eigenvalue weighted by Gasteiger charge is -2.45. The summed E-state index contributed by atoms with van der Waals surface area (Å²) in [4.78, 5) is 2.67. The number of likely N-dealkylation sites (tertiary alicyclic amines) is 1. The van der Waals surface area contributed by atoms with Gasteiger partial charge in [0, 0.05) is 25.3 Å². The number of nitrogens with zero attached hydrogens (tertiary/aromatic N) is 3. The van der Waals surface area contributed by atoms with Gasteiger partial charge in [0.25, 0.3) is 0 Å². The molecule has 27 heavy (non-hydrogen) atoms. The first-order valence-electron chi connectivity index (χ1n) is 10.4. The molecule has 0 saturated carbocycles. The summed E-state index contributed by atoms with van der Waals surface area (Å²) in [5.74, 6) is 1.44. The fourth-order valence-electron chi connectivity index (χ4n) is 4.74. The van der Waals surface area contributed by atoms with Crippen molar-refractivity contribution < 1.29 is 4.74 Å². The number of hydrogen-bond acceptors (Lipinski definition) is 4. The smallest absolute Gasteiger partial charge is 0.112 e. The van der Waals surface area contributed by atoms with Crippen molar-refractivity contribution in [2.45, 2.75) is 44.9 Å². The molecule has 3 heterocycles.